The Labute approximate surface area is 131 Å². The molecule has 0 bridgehead atoms. The van der Waals surface area contributed by atoms with E-state index >= 15 is 0 Å². The molecule has 2 aromatic rings. The van der Waals surface area contributed by atoms with Crippen LogP contribution >= 0.6 is 0 Å². The third kappa shape index (κ3) is 2.17. The molecule has 1 fully saturated rings. The lowest BCUT2D eigenvalue weighted by molar-refractivity contribution is 0.0567. The number of benzene rings is 2. The van der Waals surface area contributed by atoms with Crippen LogP contribution in [-0.2, 0) is 10.2 Å². The predicted octanol–water partition coefficient (Wildman–Crippen LogP) is 3.84. The highest BCUT2D eigenvalue weighted by Crippen LogP contribution is 2.45. The van der Waals surface area contributed by atoms with Crippen molar-refractivity contribution in [2.24, 2.45) is 0 Å². The van der Waals surface area contributed by atoms with Gasteiger partial charge in [-0.1, -0.05) is 18.2 Å². The molecule has 2 aliphatic heterocycles. The van der Waals surface area contributed by atoms with Crippen LogP contribution in [-0.4, -0.2) is 26.9 Å². The van der Waals surface area contributed by atoms with E-state index in [1.165, 1.54) is 22.4 Å². The van der Waals surface area contributed by atoms with Crippen molar-refractivity contribution < 1.29 is 9.47 Å². The monoisotopic (exact) mass is 295 g/mol. The van der Waals surface area contributed by atoms with Crippen molar-refractivity contribution in [1.82, 2.24) is 0 Å². The zero-order valence-electron chi connectivity index (χ0n) is 12.9. The highest BCUT2D eigenvalue weighted by molar-refractivity contribution is 5.72. The van der Waals surface area contributed by atoms with E-state index < -0.39 is 0 Å². The minimum atomic E-state index is 0.252. The van der Waals surface area contributed by atoms with Gasteiger partial charge in [0.2, 0.25) is 0 Å². The first kappa shape index (κ1) is 13.6. The molecule has 1 N–H and O–H groups in total. The summed E-state index contributed by atoms with van der Waals surface area (Å²) in [6.07, 6.45) is 2.21. The molecule has 0 aromatic heterocycles. The van der Waals surface area contributed by atoms with E-state index in [-0.39, 0.29) is 5.41 Å². The summed E-state index contributed by atoms with van der Waals surface area (Å²) in [6, 6.07) is 15.0. The molecule has 22 heavy (non-hydrogen) atoms. The second-order valence-electron chi connectivity index (χ2n) is 6.24. The Morgan fingerprint density at radius 3 is 2.68 bits per heavy atom. The van der Waals surface area contributed by atoms with Crippen LogP contribution in [0.25, 0.3) is 11.1 Å². The van der Waals surface area contributed by atoms with Crippen LogP contribution in [0.5, 0.6) is 5.75 Å². The zero-order valence-corrected chi connectivity index (χ0v) is 12.9. The SMILES string of the molecule is COc1cccc(-c2ccc3c(c2)C2(CCOCC2)CN3)c1. The van der Waals surface area contributed by atoms with Gasteiger partial charge in [-0.25, -0.2) is 0 Å². The summed E-state index contributed by atoms with van der Waals surface area (Å²) in [6.45, 7) is 2.77. The fourth-order valence-corrected chi connectivity index (χ4v) is 3.69. The van der Waals surface area contributed by atoms with Crippen LogP contribution in [0.1, 0.15) is 18.4 Å². The summed E-state index contributed by atoms with van der Waals surface area (Å²) in [4.78, 5) is 0. The summed E-state index contributed by atoms with van der Waals surface area (Å²) < 4.78 is 10.9. The summed E-state index contributed by atoms with van der Waals surface area (Å²) in [7, 11) is 1.71. The van der Waals surface area contributed by atoms with Gasteiger partial charge in [-0.05, 0) is 53.8 Å². The molecule has 0 radical (unpaired) electrons. The van der Waals surface area contributed by atoms with Crippen molar-refractivity contribution in [3.8, 4) is 16.9 Å². The molecule has 2 heterocycles. The summed E-state index contributed by atoms with van der Waals surface area (Å²) in [5.74, 6) is 0.900. The topological polar surface area (TPSA) is 30.5 Å². The number of hydrogen-bond donors (Lipinski definition) is 1. The van der Waals surface area contributed by atoms with Crippen LogP contribution < -0.4 is 10.1 Å². The van der Waals surface area contributed by atoms with Crippen molar-refractivity contribution >= 4 is 5.69 Å². The van der Waals surface area contributed by atoms with Gasteiger partial charge in [-0.3, -0.25) is 0 Å². The van der Waals surface area contributed by atoms with E-state index in [1.807, 2.05) is 12.1 Å². The molecule has 0 saturated carbocycles. The first-order chi connectivity index (χ1) is 10.8. The number of rotatable bonds is 2. The third-order valence-corrected chi connectivity index (χ3v) is 5.06. The van der Waals surface area contributed by atoms with Gasteiger partial charge < -0.3 is 14.8 Å². The van der Waals surface area contributed by atoms with E-state index in [4.69, 9.17) is 9.47 Å². The standard InChI is InChI=1S/C19H21NO2/c1-21-16-4-2-3-14(11-16)15-5-6-18-17(12-15)19(13-20-18)7-9-22-10-8-19/h2-6,11-12,20H,7-10,13H2,1H3. The quantitative estimate of drug-likeness (QED) is 0.913. The highest BCUT2D eigenvalue weighted by Gasteiger charge is 2.40. The second kappa shape index (κ2) is 5.33. The summed E-state index contributed by atoms with van der Waals surface area (Å²) in [5, 5.41) is 3.58. The largest absolute Gasteiger partial charge is 0.497 e. The number of hydrogen-bond acceptors (Lipinski definition) is 3. The molecule has 1 saturated heterocycles. The molecule has 0 unspecified atom stereocenters. The van der Waals surface area contributed by atoms with Crippen molar-refractivity contribution in [2.45, 2.75) is 18.3 Å². The maximum atomic E-state index is 5.57. The molecule has 0 amide bonds. The van der Waals surface area contributed by atoms with Gasteiger partial charge in [0.15, 0.2) is 0 Å². The summed E-state index contributed by atoms with van der Waals surface area (Å²) in [5.41, 5.74) is 5.45. The molecular weight excluding hydrogens is 274 g/mol. The van der Waals surface area contributed by atoms with E-state index in [0.29, 0.717) is 0 Å². The zero-order chi connectivity index (χ0) is 15.0. The molecule has 2 aromatic carbocycles. The number of nitrogens with one attached hydrogen (secondary N) is 1. The minimum Gasteiger partial charge on any atom is -0.497 e. The molecule has 0 atom stereocenters. The van der Waals surface area contributed by atoms with E-state index in [1.54, 1.807) is 7.11 Å². The van der Waals surface area contributed by atoms with E-state index in [0.717, 1.165) is 38.3 Å². The summed E-state index contributed by atoms with van der Waals surface area (Å²) >= 11 is 0. The maximum absolute atomic E-state index is 5.57. The van der Waals surface area contributed by atoms with Crippen LogP contribution in [0.4, 0.5) is 5.69 Å². The van der Waals surface area contributed by atoms with Gasteiger partial charge in [-0.2, -0.15) is 0 Å². The van der Waals surface area contributed by atoms with Crippen LogP contribution in [0.15, 0.2) is 42.5 Å². The molecule has 0 aliphatic carbocycles. The number of methoxy groups -OCH3 is 1. The van der Waals surface area contributed by atoms with Gasteiger partial charge in [0.25, 0.3) is 0 Å². The maximum Gasteiger partial charge on any atom is 0.119 e. The van der Waals surface area contributed by atoms with Crippen molar-refractivity contribution in [3.63, 3.8) is 0 Å². The molecule has 3 nitrogen and oxygen atoms in total. The first-order valence-electron chi connectivity index (χ1n) is 7.91. The fourth-order valence-electron chi connectivity index (χ4n) is 3.69. The van der Waals surface area contributed by atoms with Gasteiger partial charge >= 0.3 is 0 Å². The Hall–Kier alpha value is -2.00. The molecule has 1 spiro atoms. The Morgan fingerprint density at radius 2 is 1.86 bits per heavy atom. The Bertz CT molecular complexity index is 684. The lowest BCUT2D eigenvalue weighted by Gasteiger charge is -2.33. The van der Waals surface area contributed by atoms with Crippen molar-refractivity contribution in [2.75, 3.05) is 32.2 Å². The van der Waals surface area contributed by atoms with Crippen molar-refractivity contribution in [3.05, 3.63) is 48.0 Å². The van der Waals surface area contributed by atoms with Crippen LogP contribution in [0.2, 0.25) is 0 Å². The molecule has 114 valence electrons. The van der Waals surface area contributed by atoms with Crippen LogP contribution in [0.3, 0.4) is 0 Å². The fraction of sp³-hybridized carbons (Fsp3) is 0.368. The molecular formula is C19H21NO2. The second-order valence-corrected chi connectivity index (χ2v) is 6.24. The molecule has 3 heteroatoms. The smallest absolute Gasteiger partial charge is 0.119 e. The molecule has 4 rings (SSSR count). The van der Waals surface area contributed by atoms with Gasteiger partial charge in [0.05, 0.1) is 7.11 Å². The van der Waals surface area contributed by atoms with Gasteiger partial charge in [0, 0.05) is 30.9 Å². The number of fused-ring (bicyclic) bond motifs is 2. The average molecular weight is 295 g/mol. The van der Waals surface area contributed by atoms with E-state index in [2.05, 4.69) is 35.6 Å². The average Bonchev–Trinajstić information content (AvgIpc) is 2.93. The Kier molecular flexibility index (Phi) is 3.30. The highest BCUT2D eigenvalue weighted by atomic mass is 16.5. The minimum absolute atomic E-state index is 0.252. The Morgan fingerprint density at radius 1 is 1.05 bits per heavy atom. The van der Waals surface area contributed by atoms with Crippen LogP contribution in [0, 0.1) is 0 Å². The lowest BCUT2D eigenvalue weighted by Crippen LogP contribution is -2.35. The normalized spacial score (nSPS) is 18.8. The van der Waals surface area contributed by atoms with E-state index in [9.17, 15) is 0 Å². The molecule has 2 aliphatic rings. The van der Waals surface area contributed by atoms with Gasteiger partial charge in [0.1, 0.15) is 5.75 Å². The Balaban J connectivity index is 1.76. The van der Waals surface area contributed by atoms with Crippen molar-refractivity contribution in [1.29, 1.82) is 0 Å². The lowest BCUT2D eigenvalue weighted by atomic mass is 9.75. The number of anilines is 1. The first-order valence-corrected chi connectivity index (χ1v) is 7.91. The third-order valence-electron chi connectivity index (χ3n) is 5.06. The predicted molar refractivity (Wildman–Crippen MR) is 88.7 cm³/mol. The number of ether oxygens (including phenoxy) is 2. The van der Waals surface area contributed by atoms with Gasteiger partial charge in [-0.15, -0.1) is 0 Å².